The average Bonchev–Trinajstić information content (AvgIpc) is 2.73. The molecule has 0 aliphatic heterocycles. The van der Waals surface area contributed by atoms with Crippen LogP contribution in [0.5, 0.6) is 0 Å². The van der Waals surface area contributed by atoms with Crippen LogP contribution in [0.25, 0.3) is 0 Å². The summed E-state index contributed by atoms with van der Waals surface area (Å²) >= 11 is 0. The molecule has 136 valence electrons. The molecule has 6 nitrogen and oxygen atoms in total. The van der Waals surface area contributed by atoms with Gasteiger partial charge < -0.3 is 10.6 Å². The van der Waals surface area contributed by atoms with E-state index in [1.165, 1.54) is 6.20 Å². The summed E-state index contributed by atoms with van der Waals surface area (Å²) in [6.07, 6.45) is 6.84. The number of hydrogen-bond donors (Lipinski definition) is 2. The van der Waals surface area contributed by atoms with Crippen LogP contribution in [-0.2, 0) is 17.8 Å². The first-order valence-corrected chi connectivity index (χ1v) is 8.64. The second-order valence-electron chi connectivity index (χ2n) is 6.04. The molecule has 0 spiro atoms. The molecule has 0 radical (unpaired) electrons. The molecule has 1 aromatic carbocycles. The molecule has 0 fully saturated rings. The van der Waals surface area contributed by atoms with E-state index in [-0.39, 0.29) is 11.8 Å². The standard InChI is InChI=1S/C21H20N4O2/c26-20(18-9-5-11-23-15-18)25-19(12-16-6-2-1-3-7-16)21(27)24-14-17-8-4-10-22-13-17/h1-11,13,15,19H,12,14H2,(H,24,27)(H,25,26)/t19-/m0/s1. The minimum Gasteiger partial charge on any atom is -0.350 e. The fourth-order valence-electron chi connectivity index (χ4n) is 2.61. The minimum absolute atomic E-state index is 0.250. The lowest BCUT2D eigenvalue weighted by Gasteiger charge is -2.19. The molecule has 3 aromatic rings. The van der Waals surface area contributed by atoms with E-state index in [1.54, 1.807) is 30.7 Å². The maximum atomic E-state index is 12.7. The number of rotatable bonds is 7. The molecule has 2 N–H and O–H groups in total. The van der Waals surface area contributed by atoms with Gasteiger partial charge >= 0.3 is 0 Å². The molecule has 2 aromatic heterocycles. The number of pyridine rings is 2. The van der Waals surface area contributed by atoms with Crippen LogP contribution in [0.3, 0.4) is 0 Å². The molecule has 0 aliphatic carbocycles. The van der Waals surface area contributed by atoms with Gasteiger partial charge in [-0.25, -0.2) is 0 Å². The number of benzene rings is 1. The first-order chi connectivity index (χ1) is 13.2. The first kappa shape index (κ1) is 18.3. The van der Waals surface area contributed by atoms with Gasteiger partial charge in [-0.1, -0.05) is 36.4 Å². The number of nitrogens with one attached hydrogen (secondary N) is 2. The van der Waals surface area contributed by atoms with Crippen molar-refractivity contribution in [1.82, 2.24) is 20.6 Å². The van der Waals surface area contributed by atoms with Crippen molar-refractivity contribution >= 4 is 11.8 Å². The van der Waals surface area contributed by atoms with E-state index < -0.39 is 6.04 Å². The third-order valence-corrected chi connectivity index (χ3v) is 4.02. The smallest absolute Gasteiger partial charge is 0.253 e. The SMILES string of the molecule is O=C(N[C@@H](Cc1ccccc1)C(=O)NCc1cccnc1)c1cccnc1. The summed E-state index contributed by atoms with van der Waals surface area (Å²) in [5.41, 5.74) is 2.27. The van der Waals surface area contributed by atoms with Crippen molar-refractivity contribution < 1.29 is 9.59 Å². The van der Waals surface area contributed by atoms with Crippen LogP contribution in [0, 0.1) is 0 Å². The van der Waals surface area contributed by atoms with E-state index in [0.717, 1.165) is 11.1 Å². The van der Waals surface area contributed by atoms with E-state index in [4.69, 9.17) is 0 Å². The van der Waals surface area contributed by atoms with Gasteiger partial charge in [0, 0.05) is 37.8 Å². The summed E-state index contributed by atoms with van der Waals surface area (Å²) in [5.74, 6) is -0.583. The number of amides is 2. The second-order valence-corrected chi connectivity index (χ2v) is 6.04. The lowest BCUT2D eigenvalue weighted by molar-refractivity contribution is -0.123. The Kier molecular flexibility index (Phi) is 6.25. The van der Waals surface area contributed by atoms with Gasteiger partial charge in [-0.05, 0) is 29.3 Å². The van der Waals surface area contributed by atoms with Crippen LogP contribution >= 0.6 is 0 Å². The Morgan fingerprint density at radius 2 is 1.56 bits per heavy atom. The summed E-state index contributed by atoms with van der Waals surface area (Å²) in [6.45, 7) is 0.348. The minimum atomic E-state index is -0.697. The number of nitrogens with zero attached hydrogens (tertiary/aromatic N) is 2. The van der Waals surface area contributed by atoms with Gasteiger partial charge in [0.25, 0.3) is 5.91 Å². The quantitative estimate of drug-likeness (QED) is 0.676. The summed E-state index contributed by atoms with van der Waals surface area (Å²) in [4.78, 5) is 33.2. The van der Waals surface area contributed by atoms with E-state index in [0.29, 0.717) is 18.5 Å². The zero-order valence-electron chi connectivity index (χ0n) is 14.7. The lowest BCUT2D eigenvalue weighted by atomic mass is 10.0. The molecular formula is C21H20N4O2. The Morgan fingerprint density at radius 3 is 2.22 bits per heavy atom. The molecule has 0 aliphatic rings. The van der Waals surface area contributed by atoms with Gasteiger partial charge in [-0.15, -0.1) is 0 Å². The van der Waals surface area contributed by atoms with Gasteiger partial charge in [-0.2, -0.15) is 0 Å². The Balaban J connectivity index is 1.70. The van der Waals surface area contributed by atoms with Crippen molar-refractivity contribution in [2.24, 2.45) is 0 Å². The molecule has 0 bridgehead atoms. The molecule has 1 atom stereocenters. The number of carbonyl (C=O) groups excluding carboxylic acids is 2. The predicted octanol–water partition coefficient (Wildman–Crippen LogP) is 2.13. The van der Waals surface area contributed by atoms with Crippen LogP contribution in [-0.4, -0.2) is 27.8 Å². The Morgan fingerprint density at radius 1 is 0.852 bits per heavy atom. The summed E-state index contributed by atoms with van der Waals surface area (Å²) < 4.78 is 0. The Bertz CT molecular complexity index is 870. The highest BCUT2D eigenvalue weighted by molar-refractivity contribution is 5.97. The number of hydrogen-bond acceptors (Lipinski definition) is 4. The summed E-state index contributed by atoms with van der Waals surface area (Å²) in [7, 11) is 0. The fraction of sp³-hybridized carbons (Fsp3) is 0.143. The molecule has 0 saturated carbocycles. The lowest BCUT2D eigenvalue weighted by Crippen LogP contribution is -2.47. The monoisotopic (exact) mass is 360 g/mol. The number of aromatic nitrogens is 2. The molecule has 2 heterocycles. The Hall–Kier alpha value is -3.54. The van der Waals surface area contributed by atoms with Crippen LogP contribution < -0.4 is 10.6 Å². The van der Waals surface area contributed by atoms with Crippen molar-refractivity contribution in [3.63, 3.8) is 0 Å². The van der Waals surface area contributed by atoms with Gasteiger partial charge in [0.05, 0.1) is 5.56 Å². The van der Waals surface area contributed by atoms with Crippen molar-refractivity contribution in [2.75, 3.05) is 0 Å². The van der Waals surface area contributed by atoms with Crippen molar-refractivity contribution in [2.45, 2.75) is 19.0 Å². The van der Waals surface area contributed by atoms with E-state index in [1.807, 2.05) is 42.5 Å². The zero-order valence-corrected chi connectivity index (χ0v) is 14.7. The van der Waals surface area contributed by atoms with Gasteiger partial charge in [-0.3, -0.25) is 19.6 Å². The third kappa shape index (κ3) is 5.47. The second kappa shape index (κ2) is 9.24. The molecule has 0 saturated heterocycles. The maximum Gasteiger partial charge on any atom is 0.253 e. The normalized spacial score (nSPS) is 11.4. The zero-order chi connectivity index (χ0) is 18.9. The van der Waals surface area contributed by atoms with Gasteiger partial charge in [0.2, 0.25) is 5.91 Å². The predicted molar refractivity (Wildman–Crippen MR) is 102 cm³/mol. The topological polar surface area (TPSA) is 84.0 Å². The van der Waals surface area contributed by atoms with Crippen LogP contribution in [0.4, 0.5) is 0 Å². The summed E-state index contributed by atoms with van der Waals surface area (Å²) in [5, 5.41) is 5.68. The molecule has 2 amide bonds. The highest BCUT2D eigenvalue weighted by Crippen LogP contribution is 2.06. The van der Waals surface area contributed by atoms with E-state index in [2.05, 4.69) is 20.6 Å². The van der Waals surface area contributed by atoms with Crippen molar-refractivity contribution in [3.8, 4) is 0 Å². The molecular weight excluding hydrogens is 340 g/mol. The van der Waals surface area contributed by atoms with E-state index in [9.17, 15) is 9.59 Å². The molecule has 6 heteroatoms. The highest BCUT2D eigenvalue weighted by atomic mass is 16.2. The van der Waals surface area contributed by atoms with E-state index >= 15 is 0 Å². The van der Waals surface area contributed by atoms with Crippen molar-refractivity contribution in [1.29, 1.82) is 0 Å². The summed E-state index contributed by atoms with van der Waals surface area (Å²) in [6, 6.07) is 15.9. The largest absolute Gasteiger partial charge is 0.350 e. The van der Waals surface area contributed by atoms with Gasteiger partial charge in [0.15, 0.2) is 0 Å². The van der Waals surface area contributed by atoms with Gasteiger partial charge in [0.1, 0.15) is 6.04 Å². The molecule has 0 unspecified atom stereocenters. The van der Waals surface area contributed by atoms with Crippen molar-refractivity contribution in [3.05, 3.63) is 96.1 Å². The highest BCUT2D eigenvalue weighted by Gasteiger charge is 2.22. The Labute approximate surface area is 157 Å². The van der Waals surface area contributed by atoms with Crippen LogP contribution in [0.1, 0.15) is 21.5 Å². The molecule has 3 rings (SSSR count). The molecule has 27 heavy (non-hydrogen) atoms. The average molecular weight is 360 g/mol. The first-order valence-electron chi connectivity index (χ1n) is 8.64. The van der Waals surface area contributed by atoms with Crippen LogP contribution in [0.15, 0.2) is 79.4 Å². The fourth-order valence-corrected chi connectivity index (χ4v) is 2.61. The number of carbonyl (C=O) groups is 2. The van der Waals surface area contributed by atoms with Crippen LogP contribution in [0.2, 0.25) is 0 Å². The maximum absolute atomic E-state index is 12.7. The third-order valence-electron chi connectivity index (χ3n) is 4.02.